The number of piperidine rings is 1. The number of carbonyl (C=O) groups is 1. The molecule has 0 radical (unpaired) electrons. The van der Waals surface area contributed by atoms with Crippen molar-refractivity contribution in [3.63, 3.8) is 0 Å². The van der Waals surface area contributed by atoms with Gasteiger partial charge >= 0.3 is 0 Å². The number of nitrogens with one attached hydrogen (secondary N) is 1. The van der Waals surface area contributed by atoms with Crippen LogP contribution in [0.5, 0.6) is 0 Å². The smallest absolute Gasteiger partial charge is 0.233 e. The molecule has 1 aliphatic heterocycles. The molecule has 1 amide bonds. The van der Waals surface area contributed by atoms with E-state index < -0.39 is 0 Å². The van der Waals surface area contributed by atoms with Gasteiger partial charge in [-0.1, -0.05) is 30.3 Å². The van der Waals surface area contributed by atoms with Gasteiger partial charge in [-0.05, 0) is 38.3 Å². The first-order valence-corrected chi connectivity index (χ1v) is 7.28. The number of benzene rings is 1. The number of likely N-dealkylation sites (N-methyl/N-ethyl adjacent to an activating group) is 1. The lowest BCUT2D eigenvalue weighted by molar-refractivity contribution is -0.135. The molecule has 110 valence electrons. The lowest BCUT2D eigenvalue weighted by atomic mass is 9.93. The molecule has 2 aliphatic rings. The van der Waals surface area contributed by atoms with E-state index in [1.807, 2.05) is 25.2 Å². The average molecular weight is 295 g/mol. The summed E-state index contributed by atoms with van der Waals surface area (Å²) in [5, 5.41) is 3.31. The van der Waals surface area contributed by atoms with Crippen molar-refractivity contribution in [1.82, 2.24) is 10.2 Å². The van der Waals surface area contributed by atoms with Gasteiger partial charge in [0, 0.05) is 19.1 Å². The summed E-state index contributed by atoms with van der Waals surface area (Å²) in [6.07, 6.45) is 4.31. The van der Waals surface area contributed by atoms with E-state index in [1.165, 1.54) is 12.0 Å². The second-order valence-electron chi connectivity index (χ2n) is 5.83. The van der Waals surface area contributed by atoms with Crippen molar-refractivity contribution < 1.29 is 4.79 Å². The number of amides is 1. The summed E-state index contributed by atoms with van der Waals surface area (Å²) < 4.78 is 0. The standard InChI is InChI=1S/C16H22N2O.ClH/c1-17-14-8-5-11-18(12-14)15(19)16(9-10-16)13-6-3-2-4-7-13;/h2-4,6-7,14,17H,5,8-12H2,1H3;1H. The van der Waals surface area contributed by atoms with E-state index in [2.05, 4.69) is 22.3 Å². The zero-order valence-electron chi connectivity index (χ0n) is 12.0. The number of rotatable bonds is 3. The summed E-state index contributed by atoms with van der Waals surface area (Å²) >= 11 is 0. The van der Waals surface area contributed by atoms with Gasteiger partial charge in [0.05, 0.1) is 5.41 Å². The molecule has 1 heterocycles. The van der Waals surface area contributed by atoms with Crippen LogP contribution in [0, 0.1) is 0 Å². The maximum Gasteiger partial charge on any atom is 0.233 e. The Morgan fingerprint density at radius 1 is 1.30 bits per heavy atom. The molecule has 0 bridgehead atoms. The summed E-state index contributed by atoms with van der Waals surface area (Å²) in [7, 11) is 1.99. The Labute approximate surface area is 127 Å². The van der Waals surface area contributed by atoms with Crippen LogP contribution in [0.25, 0.3) is 0 Å². The third-order valence-electron chi connectivity index (χ3n) is 4.60. The molecule has 1 saturated heterocycles. The first kappa shape index (κ1) is 15.3. The molecule has 0 aromatic heterocycles. The van der Waals surface area contributed by atoms with Crippen LogP contribution in [-0.2, 0) is 10.2 Å². The molecular formula is C16H23ClN2O. The van der Waals surface area contributed by atoms with Gasteiger partial charge in [-0.25, -0.2) is 0 Å². The van der Waals surface area contributed by atoms with Gasteiger partial charge in [0.25, 0.3) is 0 Å². The van der Waals surface area contributed by atoms with Crippen LogP contribution >= 0.6 is 12.4 Å². The van der Waals surface area contributed by atoms with Gasteiger partial charge in [-0.15, -0.1) is 12.4 Å². The summed E-state index contributed by atoms with van der Waals surface area (Å²) in [4.78, 5) is 14.9. The zero-order valence-corrected chi connectivity index (χ0v) is 12.8. The van der Waals surface area contributed by atoms with Crippen molar-refractivity contribution in [1.29, 1.82) is 0 Å². The average Bonchev–Trinajstić information content (AvgIpc) is 3.29. The predicted molar refractivity (Wildman–Crippen MR) is 83.3 cm³/mol. The van der Waals surface area contributed by atoms with Crippen molar-refractivity contribution in [2.45, 2.75) is 37.1 Å². The Balaban J connectivity index is 0.00000147. The summed E-state index contributed by atoms with van der Waals surface area (Å²) in [6, 6.07) is 10.8. The summed E-state index contributed by atoms with van der Waals surface area (Å²) in [6.45, 7) is 1.79. The van der Waals surface area contributed by atoms with Crippen LogP contribution in [0.4, 0.5) is 0 Å². The summed E-state index contributed by atoms with van der Waals surface area (Å²) in [5.74, 6) is 0.346. The molecule has 1 N–H and O–H groups in total. The van der Waals surface area contributed by atoms with Crippen molar-refractivity contribution in [3.05, 3.63) is 35.9 Å². The Kier molecular flexibility index (Phi) is 4.71. The minimum Gasteiger partial charge on any atom is -0.340 e. The lowest BCUT2D eigenvalue weighted by Gasteiger charge is -2.35. The molecule has 1 atom stereocenters. The minimum atomic E-state index is -0.198. The second-order valence-corrected chi connectivity index (χ2v) is 5.83. The van der Waals surface area contributed by atoms with E-state index in [0.717, 1.165) is 32.4 Å². The molecule has 1 aliphatic carbocycles. The van der Waals surface area contributed by atoms with E-state index in [-0.39, 0.29) is 17.8 Å². The Morgan fingerprint density at radius 2 is 2.00 bits per heavy atom. The topological polar surface area (TPSA) is 32.3 Å². The molecule has 3 rings (SSSR count). The van der Waals surface area contributed by atoms with Crippen molar-refractivity contribution in [2.75, 3.05) is 20.1 Å². The normalized spacial score (nSPS) is 23.9. The van der Waals surface area contributed by atoms with Crippen LogP contribution in [0.1, 0.15) is 31.2 Å². The van der Waals surface area contributed by atoms with E-state index >= 15 is 0 Å². The van der Waals surface area contributed by atoms with Crippen LogP contribution in [0.2, 0.25) is 0 Å². The first-order chi connectivity index (χ1) is 9.26. The molecule has 3 nitrogen and oxygen atoms in total. The highest BCUT2D eigenvalue weighted by Gasteiger charge is 2.53. The molecule has 20 heavy (non-hydrogen) atoms. The number of likely N-dealkylation sites (tertiary alicyclic amines) is 1. The third kappa shape index (κ3) is 2.70. The van der Waals surface area contributed by atoms with Gasteiger partial charge in [0.15, 0.2) is 0 Å². The number of hydrogen-bond donors (Lipinski definition) is 1. The maximum absolute atomic E-state index is 12.8. The second kappa shape index (κ2) is 6.15. The van der Waals surface area contributed by atoms with E-state index in [0.29, 0.717) is 11.9 Å². The van der Waals surface area contributed by atoms with Gasteiger partial charge in [0.1, 0.15) is 0 Å². The number of hydrogen-bond acceptors (Lipinski definition) is 2. The molecule has 1 aromatic rings. The molecule has 2 fully saturated rings. The fourth-order valence-electron chi connectivity index (χ4n) is 3.21. The Bertz CT molecular complexity index is 459. The lowest BCUT2D eigenvalue weighted by Crippen LogP contribution is -2.50. The quantitative estimate of drug-likeness (QED) is 0.928. The van der Waals surface area contributed by atoms with Gasteiger partial charge in [-0.2, -0.15) is 0 Å². The van der Waals surface area contributed by atoms with Crippen LogP contribution in [0.15, 0.2) is 30.3 Å². The SMILES string of the molecule is CNC1CCCN(C(=O)C2(c3ccccc3)CC2)C1.Cl. The first-order valence-electron chi connectivity index (χ1n) is 7.28. The molecule has 1 saturated carbocycles. The third-order valence-corrected chi connectivity index (χ3v) is 4.60. The van der Waals surface area contributed by atoms with Crippen LogP contribution < -0.4 is 5.32 Å². The Morgan fingerprint density at radius 3 is 2.60 bits per heavy atom. The van der Waals surface area contributed by atoms with Crippen molar-refractivity contribution in [2.24, 2.45) is 0 Å². The number of halogens is 1. The highest BCUT2D eigenvalue weighted by Crippen LogP contribution is 2.49. The summed E-state index contributed by atoms with van der Waals surface area (Å²) in [5.41, 5.74) is 1.00. The number of nitrogens with zero attached hydrogens (tertiary/aromatic N) is 1. The van der Waals surface area contributed by atoms with Crippen molar-refractivity contribution >= 4 is 18.3 Å². The molecule has 1 unspecified atom stereocenters. The van der Waals surface area contributed by atoms with Gasteiger partial charge < -0.3 is 10.2 Å². The highest BCUT2D eigenvalue weighted by molar-refractivity contribution is 5.91. The molecular weight excluding hydrogens is 272 g/mol. The molecule has 0 spiro atoms. The molecule has 1 aromatic carbocycles. The fraction of sp³-hybridized carbons (Fsp3) is 0.562. The van der Waals surface area contributed by atoms with Crippen LogP contribution in [0.3, 0.4) is 0 Å². The van der Waals surface area contributed by atoms with Gasteiger partial charge in [0.2, 0.25) is 5.91 Å². The van der Waals surface area contributed by atoms with Crippen molar-refractivity contribution in [3.8, 4) is 0 Å². The van der Waals surface area contributed by atoms with E-state index in [9.17, 15) is 4.79 Å². The predicted octanol–water partition coefficient (Wildman–Crippen LogP) is 2.35. The Hall–Kier alpha value is -1.06. The number of carbonyl (C=O) groups excluding carboxylic acids is 1. The minimum absolute atomic E-state index is 0. The molecule has 4 heteroatoms. The largest absolute Gasteiger partial charge is 0.340 e. The highest BCUT2D eigenvalue weighted by atomic mass is 35.5. The van der Waals surface area contributed by atoms with Crippen LogP contribution in [-0.4, -0.2) is 37.0 Å². The zero-order chi connectivity index (χ0) is 13.3. The van der Waals surface area contributed by atoms with E-state index in [4.69, 9.17) is 0 Å². The monoisotopic (exact) mass is 294 g/mol. The fourth-order valence-corrected chi connectivity index (χ4v) is 3.21. The van der Waals surface area contributed by atoms with E-state index in [1.54, 1.807) is 0 Å². The maximum atomic E-state index is 12.8. The van der Waals surface area contributed by atoms with Gasteiger partial charge in [-0.3, -0.25) is 4.79 Å².